The van der Waals surface area contributed by atoms with Gasteiger partial charge in [-0.15, -0.1) is 0 Å². The summed E-state index contributed by atoms with van der Waals surface area (Å²) in [6, 6.07) is 3.67. The fraction of sp³-hybridized carbons (Fsp3) is 0.720. The molecular weight excluding hydrogens is 443 g/mol. The molecule has 1 aromatic rings. The van der Waals surface area contributed by atoms with Crippen molar-refractivity contribution in [2.45, 2.75) is 78.8 Å². The lowest BCUT2D eigenvalue weighted by Gasteiger charge is -2.31. The Morgan fingerprint density at radius 3 is 1.82 bits per heavy atom. The molecule has 0 saturated heterocycles. The zero-order valence-corrected chi connectivity index (χ0v) is 23.0. The Morgan fingerprint density at radius 2 is 1.42 bits per heavy atom. The predicted octanol–water partition coefficient (Wildman–Crippen LogP) is 6.12. The summed E-state index contributed by atoms with van der Waals surface area (Å²) >= 11 is 0. The molecule has 1 atom stereocenters. The average Bonchev–Trinajstić information content (AvgIpc) is 2.71. The van der Waals surface area contributed by atoms with Crippen LogP contribution in [0.3, 0.4) is 0 Å². The average molecular weight is 487 g/mol. The van der Waals surface area contributed by atoms with Gasteiger partial charge >= 0.3 is 7.60 Å². The monoisotopic (exact) mass is 486 g/mol. The molecule has 0 aliphatic heterocycles. The Balaban J connectivity index is 3.54. The lowest BCUT2D eigenvalue weighted by molar-refractivity contribution is -0.00992. The highest BCUT2D eigenvalue weighted by molar-refractivity contribution is 7.55. The number of methoxy groups -OCH3 is 1. The fourth-order valence-electron chi connectivity index (χ4n) is 3.35. The third-order valence-corrected chi connectivity index (χ3v) is 7.60. The summed E-state index contributed by atoms with van der Waals surface area (Å²) in [7, 11) is -1.98. The highest BCUT2D eigenvalue weighted by Crippen LogP contribution is 2.54. The molecule has 0 spiro atoms. The first-order valence-corrected chi connectivity index (χ1v) is 13.2. The summed E-state index contributed by atoms with van der Waals surface area (Å²) in [6.45, 7) is 18.8. The Kier molecular flexibility index (Phi) is 11.2. The molecule has 8 heteroatoms. The van der Waals surface area contributed by atoms with E-state index in [2.05, 4.69) is 41.5 Å². The van der Waals surface area contributed by atoms with Crippen LogP contribution in [-0.4, -0.2) is 51.8 Å². The number of Topliss-reactive ketones (excluding diaryl/α,β-unsaturated/α-hetero) is 1. The van der Waals surface area contributed by atoms with Gasteiger partial charge in [0.25, 0.3) is 0 Å². The topological polar surface area (TPSA) is 80.3 Å². The number of carbonyl (C=O) groups excluding carboxylic acids is 1. The zero-order valence-electron chi connectivity index (χ0n) is 22.1. The molecule has 0 radical (unpaired) electrons. The van der Waals surface area contributed by atoms with Crippen molar-refractivity contribution in [1.82, 2.24) is 0 Å². The van der Waals surface area contributed by atoms with Gasteiger partial charge in [-0.1, -0.05) is 41.5 Å². The summed E-state index contributed by atoms with van der Waals surface area (Å²) in [5, 5.41) is 0. The number of benzene rings is 1. The van der Waals surface area contributed by atoms with Gasteiger partial charge in [0.05, 0.1) is 26.4 Å². The molecule has 190 valence electrons. The summed E-state index contributed by atoms with van der Waals surface area (Å²) in [6.07, 6.45) is 0. The Bertz CT molecular complexity index is 776. The van der Waals surface area contributed by atoms with Crippen molar-refractivity contribution in [2.75, 3.05) is 40.3 Å². The number of ether oxygens (including phenoxy) is 3. The summed E-state index contributed by atoms with van der Waals surface area (Å²) < 4.78 is 40.8. The van der Waals surface area contributed by atoms with Gasteiger partial charge in [-0.3, -0.25) is 9.36 Å². The van der Waals surface area contributed by atoms with Gasteiger partial charge < -0.3 is 23.3 Å². The van der Waals surface area contributed by atoms with Crippen molar-refractivity contribution in [3.8, 4) is 5.75 Å². The van der Waals surface area contributed by atoms with Crippen LogP contribution in [0.25, 0.3) is 0 Å². The molecular formula is C25H43O7P. The largest absolute Gasteiger partial charge is 0.467 e. The van der Waals surface area contributed by atoms with Gasteiger partial charge in [0.1, 0.15) is 11.4 Å². The molecule has 0 aliphatic rings. The van der Waals surface area contributed by atoms with Crippen LogP contribution in [-0.2, 0) is 33.9 Å². The molecule has 0 heterocycles. The number of ketones is 1. The van der Waals surface area contributed by atoms with Crippen molar-refractivity contribution in [2.24, 2.45) is 0 Å². The maximum atomic E-state index is 13.5. The van der Waals surface area contributed by atoms with Gasteiger partial charge in [-0.05, 0) is 43.7 Å². The van der Waals surface area contributed by atoms with Crippen LogP contribution in [0, 0.1) is 0 Å². The Hall–Kier alpha value is -1.24. The molecule has 7 nitrogen and oxygen atoms in total. The van der Waals surface area contributed by atoms with E-state index in [4.69, 9.17) is 23.3 Å². The van der Waals surface area contributed by atoms with Crippen LogP contribution < -0.4 is 4.74 Å². The third kappa shape index (κ3) is 8.18. The molecule has 1 rings (SSSR count). The Labute approximate surface area is 200 Å². The molecule has 0 amide bonds. The van der Waals surface area contributed by atoms with Gasteiger partial charge in [0.2, 0.25) is 0 Å². The lowest BCUT2D eigenvalue weighted by atomic mass is 9.78. The van der Waals surface area contributed by atoms with Crippen molar-refractivity contribution in [3.63, 3.8) is 0 Å². The summed E-state index contributed by atoms with van der Waals surface area (Å²) in [5.41, 5.74) is 0.661. The minimum Gasteiger partial charge on any atom is -0.467 e. The van der Waals surface area contributed by atoms with E-state index in [1.807, 2.05) is 12.1 Å². The summed E-state index contributed by atoms with van der Waals surface area (Å²) in [5.74, 6) is 0.425. The van der Waals surface area contributed by atoms with Crippen LogP contribution in [0.2, 0.25) is 0 Å². The molecule has 1 aromatic carbocycles. The number of hydrogen-bond donors (Lipinski definition) is 0. The van der Waals surface area contributed by atoms with E-state index in [0.29, 0.717) is 24.5 Å². The highest BCUT2D eigenvalue weighted by Gasteiger charge is 2.39. The second-order valence-electron chi connectivity index (χ2n) is 9.98. The third-order valence-electron chi connectivity index (χ3n) is 5.18. The van der Waals surface area contributed by atoms with Gasteiger partial charge in [-0.2, -0.15) is 0 Å². The quantitative estimate of drug-likeness (QED) is 0.144. The van der Waals surface area contributed by atoms with Crippen molar-refractivity contribution in [3.05, 3.63) is 28.8 Å². The van der Waals surface area contributed by atoms with Crippen molar-refractivity contribution in [1.29, 1.82) is 0 Å². The molecule has 33 heavy (non-hydrogen) atoms. The molecule has 0 aliphatic carbocycles. The number of rotatable bonds is 13. The molecule has 0 fully saturated rings. The first-order valence-electron chi connectivity index (χ1n) is 11.5. The molecule has 0 saturated carbocycles. The minimum atomic E-state index is -3.60. The zero-order chi connectivity index (χ0) is 25.4. The smallest absolute Gasteiger partial charge is 0.341 e. The first kappa shape index (κ1) is 29.8. The maximum Gasteiger partial charge on any atom is 0.341 e. The second-order valence-corrected chi connectivity index (χ2v) is 12.3. The lowest BCUT2D eigenvalue weighted by Crippen LogP contribution is -2.25. The van der Waals surface area contributed by atoms with E-state index in [1.165, 1.54) is 0 Å². The van der Waals surface area contributed by atoms with Gasteiger partial charge in [0, 0.05) is 23.8 Å². The molecule has 1 unspecified atom stereocenters. The summed E-state index contributed by atoms with van der Waals surface area (Å²) in [4.78, 5) is 13.5. The van der Waals surface area contributed by atoms with E-state index in [-0.39, 0.29) is 36.6 Å². The number of carbonyl (C=O) groups is 1. The normalized spacial score (nSPS) is 13.8. The van der Waals surface area contributed by atoms with Crippen LogP contribution in [0.5, 0.6) is 5.75 Å². The van der Waals surface area contributed by atoms with Crippen LogP contribution in [0.15, 0.2) is 12.1 Å². The SMILES string of the molecule is CCOP(=O)(OCC)C(C)C(=O)c1cc(C(C)(C)C)c(OCOCCOC)c(C(C)(C)C)c1. The van der Waals surface area contributed by atoms with E-state index in [1.54, 1.807) is 27.9 Å². The maximum absolute atomic E-state index is 13.5. The van der Waals surface area contributed by atoms with Crippen molar-refractivity contribution >= 4 is 13.4 Å². The molecule has 0 aromatic heterocycles. The second kappa shape index (κ2) is 12.5. The van der Waals surface area contributed by atoms with Crippen molar-refractivity contribution < 1.29 is 32.6 Å². The van der Waals surface area contributed by atoms with E-state index in [9.17, 15) is 9.36 Å². The Morgan fingerprint density at radius 1 is 0.939 bits per heavy atom. The molecule has 0 bridgehead atoms. The van der Waals surface area contributed by atoms with Gasteiger partial charge in [-0.25, -0.2) is 0 Å². The van der Waals surface area contributed by atoms with E-state index < -0.39 is 13.3 Å². The van der Waals surface area contributed by atoms with Crippen LogP contribution >= 0.6 is 7.60 Å². The van der Waals surface area contributed by atoms with E-state index in [0.717, 1.165) is 11.1 Å². The fourth-order valence-corrected chi connectivity index (χ4v) is 5.03. The van der Waals surface area contributed by atoms with Gasteiger partial charge in [0.15, 0.2) is 12.6 Å². The van der Waals surface area contributed by atoms with Crippen LogP contribution in [0.4, 0.5) is 0 Å². The highest BCUT2D eigenvalue weighted by atomic mass is 31.2. The minimum absolute atomic E-state index is 0.0725. The first-order chi connectivity index (χ1) is 15.2. The standard InChI is InChI=1S/C25H43O7P/c1-11-31-33(27,32-12-2)18(3)22(26)19-15-20(24(4,5)6)23(21(16-19)25(7,8)9)30-17-29-14-13-28-10/h15-16,18H,11-14,17H2,1-10H3. The predicted molar refractivity (Wildman–Crippen MR) is 132 cm³/mol. The van der Waals surface area contributed by atoms with Crippen LogP contribution in [0.1, 0.15) is 83.8 Å². The number of hydrogen-bond acceptors (Lipinski definition) is 7. The van der Waals surface area contributed by atoms with E-state index >= 15 is 0 Å². The molecule has 0 N–H and O–H groups in total.